The molecule has 0 amide bonds. The summed E-state index contributed by atoms with van der Waals surface area (Å²) < 4.78 is 5.62. The van der Waals surface area contributed by atoms with Crippen molar-refractivity contribution in [2.24, 2.45) is 17.3 Å². The Labute approximate surface area is 133 Å². The second-order valence-electron chi connectivity index (χ2n) is 8.70. The smallest absolute Gasteiger partial charge is 0.0622 e. The van der Waals surface area contributed by atoms with E-state index in [0.29, 0.717) is 5.41 Å². The number of nitrogens with one attached hydrogen (secondary N) is 1. The summed E-state index contributed by atoms with van der Waals surface area (Å²) in [4.78, 5) is 0. The van der Waals surface area contributed by atoms with Crippen molar-refractivity contribution in [2.75, 3.05) is 13.7 Å². The topological polar surface area (TPSA) is 21.3 Å². The minimum atomic E-state index is 0.0178. The van der Waals surface area contributed by atoms with E-state index in [0.717, 1.165) is 30.8 Å². The van der Waals surface area contributed by atoms with Crippen LogP contribution in [0.15, 0.2) is 0 Å². The van der Waals surface area contributed by atoms with E-state index in [2.05, 4.69) is 46.9 Å². The SMILES string of the molecule is CCCNC1CCC(C(C)(C)C)CC1CCC(C)(C)OC. The van der Waals surface area contributed by atoms with E-state index in [1.54, 1.807) is 0 Å². The molecular formula is C19H39NO. The van der Waals surface area contributed by atoms with Gasteiger partial charge < -0.3 is 10.1 Å². The highest BCUT2D eigenvalue weighted by Crippen LogP contribution is 2.42. The molecule has 1 aliphatic carbocycles. The van der Waals surface area contributed by atoms with Crippen molar-refractivity contribution in [3.63, 3.8) is 0 Å². The monoisotopic (exact) mass is 297 g/mol. The molecule has 126 valence electrons. The van der Waals surface area contributed by atoms with Gasteiger partial charge in [0.15, 0.2) is 0 Å². The Kier molecular flexibility index (Phi) is 7.19. The quantitative estimate of drug-likeness (QED) is 0.712. The lowest BCUT2D eigenvalue weighted by Crippen LogP contribution is -2.43. The minimum Gasteiger partial charge on any atom is -0.379 e. The minimum absolute atomic E-state index is 0.0178. The molecular weight excluding hydrogens is 258 g/mol. The fraction of sp³-hybridized carbons (Fsp3) is 1.00. The summed E-state index contributed by atoms with van der Waals surface area (Å²) in [6.07, 6.45) is 7.79. The molecule has 0 heterocycles. The van der Waals surface area contributed by atoms with Crippen LogP contribution in [0.5, 0.6) is 0 Å². The number of methoxy groups -OCH3 is 1. The van der Waals surface area contributed by atoms with Crippen LogP contribution in [0.3, 0.4) is 0 Å². The lowest BCUT2D eigenvalue weighted by Gasteiger charge is -2.43. The standard InChI is InChI=1S/C19H39NO/c1-8-13-20-17-10-9-16(18(2,3)4)14-15(17)11-12-19(5,6)21-7/h15-17,20H,8-14H2,1-7H3. The zero-order chi connectivity index (χ0) is 16.1. The molecule has 2 heteroatoms. The van der Waals surface area contributed by atoms with Gasteiger partial charge in [-0.2, -0.15) is 0 Å². The van der Waals surface area contributed by atoms with E-state index in [1.165, 1.54) is 32.1 Å². The van der Waals surface area contributed by atoms with Crippen molar-refractivity contribution in [3.8, 4) is 0 Å². The first-order valence-electron chi connectivity index (χ1n) is 8.98. The van der Waals surface area contributed by atoms with Crippen molar-refractivity contribution in [1.82, 2.24) is 5.32 Å². The Bertz CT molecular complexity index is 292. The maximum Gasteiger partial charge on any atom is 0.0622 e. The van der Waals surface area contributed by atoms with Gasteiger partial charge in [-0.1, -0.05) is 27.7 Å². The molecule has 1 aliphatic rings. The molecule has 0 aromatic carbocycles. The molecule has 0 aromatic heterocycles. The lowest BCUT2D eigenvalue weighted by atomic mass is 9.66. The third-order valence-corrected chi connectivity index (χ3v) is 5.53. The van der Waals surface area contributed by atoms with E-state index in [1.807, 2.05) is 7.11 Å². The van der Waals surface area contributed by atoms with Crippen molar-refractivity contribution in [1.29, 1.82) is 0 Å². The first-order chi connectivity index (χ1) is 9.69. The Morgan fingerprint density at radius 2 is 1.76 bits per heavy atom. The van der Waals surface area contributed by atoms with Crippen LogP contribution in [0.25, 0.3) is 0 Å². The first kappa shape index (κ1) is 19.0. The highest BCUT2D eigenvalue weighted by atomic mass is 16.5. The third kappa shape index (κ3) is 6.28. The lowest BCUT2D eigenvalue weighted by molar-refractivity contribution is 0.00379. The summed E-state index contributed by atoms with van der Waals surface area (Å²) in [5.41, 5.74) is 0.467. The molecule has 1 N–H and O–H groups in total. The molecule has 3 unspecified atom stereocenters. The Balaban J connectivity index is 2.64. The van der Waals surface area contributed by atoms with E-state index >= 15 is 0 Å². The maximum atomic E-state index is 5.62. The highest BCUT2D eigenvalue weighted by molar-refractivity contribution is 4.89. The van der Waals surface area contributed by atoms with Crippen LogP contribution in [-0.4, -0.2) is 25.3 Å². The van der Waals surface area contributed by atoms with Gasteiger partial charge in [-0.05, 0) is 76.2 Å². The summed E-state index contributed by atoms with van der Waals surface area (Å²) in [7, 11) is 1.84. The number of hydrogen-bond donors (Lipinski definition) is 1. The van der Waals surface area contributed by atoms with Gasteiger partial charge in [0.2, 0.25) is 0 Å². The summed E-state index contributed by atoms with van der Waals surface area (Å²) >= 11 is 0. The van der Waals surface area contributed by atoms with Crippen LogP contribution in [0.1, 0.15) is 80.1 Å². The van der Waals surface area contributed by atoms with Gasteiger partial charge in [0.25, 0.3) is 0 Å². The van der Waals surface area contributed by atoms with Crippen LogP contribution >= 0.6 is 0 Å². The Hall–Kier alpha value is -0.0800. The fourth-order valence-corrected chi connectivity index (χ4v) is 3.60. The molecule has 21 heavy (non-hydrogen) atoms. The predicted octanol–water partition coefficient (Wildman–Crippen LogP) is 5.02. The number of hydrogen-bond acceptors (Lipinski definition) is 2. The summed E-state index contributed by atoms with van der Waals surface area (Å²) in [5, 5.41) is 3.81. The molecule has 1 rings (SSSR count). The van der Waals surface area contributed by atoms with Crippen molar-refractivity contribution in [2.45, 2.75) is 91.7 Å². The van der Waals surface area contributed by atoms with Gasteiger partial charge in [-0.3, -0.25) is 0 Å². The fourth-order valence-electron chi connectivity index (χ4n) is 3.60. The van der Waals surface area contributed by atoms with Crippen LogP contribution < -0.4 is 5.32 Å². The number of ether oxygens (including phenoxy) is 1. The highest BCUT2D eigenvalue weighted by Gasteiger charge is 2.36. The normalized spacial score (nSPS) is 27.9. The summed E-state index contributed by atoms with van der Waals surface area (Å²) in [6.45, 7) is 15.1. The van der Waals surface area contributed by atoms with E-state index in [-0.39, 0.29) is 5.60 Å². The second kappa shape index (κ2) is 7.97. The first-order valence-corrected chi connectivity index (χ1v) is 8.98. The van der Waals surface area contributed by atoms with Crippen LogP contribution in [0, 0.1) is 17.3 Å². The molecule has 0 spiro atoms. The third-order valence-electron chi connectivity index (χ3n) is 5.53. The van der Waals surface area contributed by atoms with E-state index in [9.17, 15) is 0 Å². The van der Waals surface area contributed by atoms with Gasteiger partial charge >= 0.3 is 0 Å². The zero-order valence-corrected chi connectivity index (χ0v) is 15.6. The predicted molar refractivity (Wildman–Crippen MR) is 92.7 cm³/mol. The average Bonchev–Trinajstić information content (AvgIpc) is 2.42. The largest absolute Gasteiger partial charge is 0.379 e. The molecule has 3 atom stereocenters. The van der Waals surface area contributed by atoms with Gasteiger partial charge in [0, 0.05) is 13.2 Å². The van der Waals surface area contributed by atoms with E-state index in [4.69, 9.17) is 4.74 Å². The maximum absolute atomic E-state index is 5.62. The molecule has 1 saturated carbocycles. The second-order valence-corrected chi connectivity index (χ2v) is 8.70. The van der Waals surface area contributed by atoms with Gasteiger partial charge in [0.1, 0.15) is 0 Å². The molecule has 2 nitrogen and oxygen atoms in total. The van der Waals surface area contributed by atoms with E-state index < -0.39 is 0 Å². The van der Waals surface area contributed by atoms with Gasteiger partial charge in [0.05, 0.1) is 5.60 Å². The molecule has 0 aromatic rings. The average molecular weight is 298 g/mol. The van der Waals surface area contributed by atoms with Gasteiger partial charge in [-0.15, -0.1) is 0 Å². The summed E-state index contributed by atoms with van der Waals surface area (Å²) in [6, 6.07) is 0.719. The Morgan fingerprint density at radius 3 is 2.29 bits per heavy atom. The summed E-state index contributed by atoms with van der Waals surface area (Å²) in [5.74, 6) is 1.68. The van der Waals surface area contributed by atoms with Crippen LogP contribution in [-0.2, 0) is 4.74 Å². The van der Waals surface area contributed by atoms with Crippen LogP contribution in [0.4, 0.5) is 0 Å². The van der Waals surface area contributed by atoms with Crippen LogP contribution in [0.2, 0.25) is 0 Å². The van der Waals surface area contributed by atoms with Crippen molar-refractivity contribution in [3.05, 3.63) is 0 Å². The molecule has 0 aliphatic heterocycles. The molecule has 0 saturated heterocycles. The van der Waals surface area contributed by atoms with Gasteiger partial charge in [-0.25, -0.2) is 0 Å². The zero-order valence-electron chi connectivity index (χ0n) is 15.6. The molecule has 1 fully saturated rings. The molecule has 0 radical (unpaired) electrons. The van der Waals surface area contributed by atoms with Crippen molar-refractivity contribution < 1.29 is 4.74 Å². The molecule has 0 bridgehead atoms. The van der Waals surface area contributed by atoms with Crippen molar-refractivity contribution >= 4 is 0 Å². The number of rotatable bonds is 7. The Morgan fingerprint density at radius 1 is 1.10 bits per heavy atom.